The molecule has 3 nitrogen and oxygen atoms in total. The number of pyridine rings is 1. The Bertz CT molecular complexity index is 450. The molecule has 0 amide bonds. The zero-order valence-electron chi connectivity index (χ0n) is 7.94. The van der Waals surface area contributed by atoms with Crippen LogP contribution in [-0.4, -0.2) is 15.9 Å². The minimum atomic E-state index is 0.347. The molecule has 4 heteroatoms. The summed E-state index contributed by atoms with van der Waals surface area (Å²) in [7, 11) is 0. The molecule has 2 rings (SSSR count). The van der Waals surface area contributed by atoms with Gasteiger partial charge in [0.2, 0.25) is 0 Å². The zero-order valence-corrected chi connectivity index (χ0v) is 9.53. The SMILES string of the molecule is CC(CN)c1cccc2c(Br)ncn12. The van der Waals surface area contributed by atoms with E-state index in [0.29, 0.717) is 12.5 Å². The maximum absolute atomic E-state index is 5.66. The lowest BCUT2D eigenvalue weighted by Crippen LogP contribution is -2.11. The van der Waals surface area contributed by atoms with Crippen LogP contribution in [0.2, 0.25) is 0 Å². The van der Waals surface area contributed by atoms with E-state index in [1.807, 2.05) is 18.5 Å². The van der Waals surface area contributed by atoms with Crippen LogP contribution < -0.4 is 5.73 Å². The van der Waals surface area contributed by atoms with Gasteiger partial charge in [0.15, 0.2) is 0 Å². The summed E-state index contributed by atoms with van der Waals surface area (Å²) in [5, 5.41) is 0. The highest BCUT2D eigenvalue weighted by atomic mass is 79.9. The van der Waals surface area contributed by atoms with Gasteiger partial charge in [0.1, 0.15) is 10.9 Å². The van der Waals surface area contributed by atoms with E-state index in [1.54, 1.807) is 0 Å². The van der Waals surface area contributed by atoms with E-state index in [0.717, 1.165) is 10.1 Å². The smallest absolute Gasteiger partial charge is 0.131 e. The molecule has 74 valence electrons. The summed E-state index contributed by atoms with van der Waals surface area (Å²) in [4.78, 5) is 4.21. The number of imidazole rings is 1. The van der Waals surface area contributed by atoms with Crippen molar-refractivity contribution < 1.29 is 0 Å². The van der Waals surface area contributed by atoms with Crippen molar-refractivity contribution in [3.63, 3.8) is 0 Å². The van der Waals surface area contributed by atoms with Gasteiger partial charge in [-0.1, -0.05) is 13.0 Å². The first-order valence-corrected chi connectivity index (χ1v) is 5.35. The lowest BCUT2D eigenvalue weighted by atomic mass is 10.1. The minimum Gasteiger partial charge on any atom is -0.330 e. The molecule has 0 saturated carbocycles. The molecule has 14 heavy (non-hydrogen) atoms. The van der Waals surface area contributed by atoms with E-state index >= 15 is 0 Å². The third-order valence-electron chi connectivity index (χ3n) is 2.42. The minimum absolute atomic E-state index is 0.347. The molecule has 0 radical (unpaired) electrons. The van der Waals surface area contributed by atoms with E-state index < -0.39 is 0 Å². The molecule has 0 bridgehead atoms. The van der Waals surface area contributed by atoms with Gasteiger partial charge in [-0.2, -0.15) is 0 Å². The molecule has 0 aromatic carbocycles. The Morgan fingerprint density at radius 2 is 2.36 bits per heavy atom. The van der Waals surface area contributed by atoms with Gasteiger partial charge in [0.05, 0.1) is 5.52 Å². The van der Waals surface area contributed by atoms with Crippen LogP contribution in [0.3, 0.4) is 0 Å². The fraction of sp³-hybridized carbons (Fsp3) is 0.300. The van der Waals surface area contributed by atoms with Gasteiger partial charge in [-0.05, 0) is 28.1 Å². The highest BCUT2D eigenvalue weighted by Gasteiger charge is 2.09. The molecule has 2 aromatic heterocycles. The monoisotopic (exact) mass is 253 g/mol. The zero-order chi connectivity index (χ0) is 10.1. The third-order valence-corrected chi connectivity index (χ3v) is 3.03. The molecule has 0 aliphatic heterocycles. The van der Waals surface area contributed by atoms with Crippen molar-refractivity contribution in [1.29, 1.82) is 0 Å². The van der Waals surface area contributed by atoms with E-state index in [2.05, 4.69) is 38.3 Å². The maximum Gasteiger partial charge on any atom is 0.131 e. The first-order valence-electron chi connectivity index (χ1n) is 4.55. The topological polar surface area (TPSA) is 43.3 Å². The van der Waals surface area contributed by atoms with Crippen molar-refractivity contribution in [3.8, 4) is 0 Å². The summed E-state index contributed by atoms with van der Waals surface area (Å²) in [5.74, 6) is 0.347. The Morgan fingerprint density at radius 3 is 3.07 bits per heavy atom. The summed E-state index contributed by atoms with van der Waals surface area (Å²) >= 11 is 3.41. The van der Waals surface area contributed by atoms with Crippen molar-refractivity contribution in [2.45, 2.75) is 12.8 Å². The third kappa shape index (κ3) is 1.44. The fourth-order valence-electron chi connectivity index (χ4n) is 1.53. The highest BCUT2D eigenvalue weighted by Crippen LogP contribution is 2.21. The number of rotatable bonds is 2. The molecular weight excluding hydrogens is 242 g/mol. The van der Waals surface area contributed by atoms with Gasteiger partial charge in [-0.3, -0.25) is 0 Å². The Labute approximate surface area is 91.1 Å². The lowest BCUT2D eigenvalue weighted by molar-refractivity contribution is 0.731. The largest absolute Gasteiger partial charge is 0.330 e. The number of hydrogen-bond acceptors (Lipinski definition) is 2. The van der Waals surface area contributed by atoms with Gasteiger partial charge in [-0.25, -0.2) is 4.98 Å². The Hall–Kier alpha value is -0.870. The van der Waals surface area contributed by atoms with Crippen molar-refractivity contribution in [2.24, 2.45) is 5.73 Å². The van der Waals surface area contributed by atoms with Crippen LogP contribution in [0.1, 0.15) is 18.5 Å². The molecule has 0 spiro atoms. The van der Waals surface area contributed by atoms with Crippen molar-refractivity contribution in [1.82, 2.24) is 9.38 Å². The first kappa shape index (κ1) is 9.68. The fourth-order valence-corrected chi connectivity index (χ4v) is 1.95. The molecule has 0 fully saturated rings. The Balaban J connectivity index is 2.65. The molecule has 0 saturated heterocycles. The van der Waals surface area contributed by atoms with Crippen LogP contribution in [0, 0.1) is 0 Å². The number of nitrogens with two attached hydrogens (primary N) is 1. The second-order valence-corrected chi connectivity index (χ2v) is 4.13. The quantitative estimate of drug-likeness (QED) is 0.892. The number of fused-ring (bicyclic) bond motifs is 1. The van der Waals surface area contributed by atoms with Crippen molar-refractivity contribution in [3.05, 3.63) is 34.8 Å². The molecular formula is C10H12BrN3. The summed E-state index contributed by atoms with van der Waals surface area (Å²) in [6, 6.07) is 6.14. The predicted molar refractivity (Wildman–Crippen MR) is 60.4 cm³/mol. The Kier molecular flexibility index (Phi) is 2.56. The average Bonchev–Trinajstić information content (AvgIpc) is 2.59. The molecule has 1 unspecified atom stereocenters. The normalized spacial score (nSPS) is 13.4. The van der Waals surface area contributed by atoms with Gasteiger partial charge in [0, 0.05) is 18.2 Å². The molecule has 2 N–H and O–H groups in total. The van der Waals surface area contributed by atoms with Gasteiger partial charge in [0.25, 0.3) is 0 Å². The number of hydrogen-bond donors (Lipinski definition) is 1. The Morgan fingerprint density at radius 1 is 1.57 bits per heavy atom. The van der Waals surface area contributed by atoms with Gasteiger partial charge in [-0.15, -0.1) is 0 Å². The van der Waals surface area contributed by atoms with E-state index in [-0.39, 0.29) is 0 Å². The van der Waals surface area contributed by atoms with Crippen LogP contribution in [0.5, 0.6) is 0 Å². The summed E-state index contributed by atoms with van der Waals surface area (Å²) < 4.78 is 2.95. The van der Waals surface area contributed by atoms with E-state index in [4.69, 9.17) is 5.73 Å². The molecule has 1 atom stereocenters. The highest BCUT2D eigenvalue weighted by molar-refractivity contribution is 9.10. The average molecular weight is 254 g/mol. The number of aromatic nitrogens is 2. The standard InChI is InChI=1S/C10H12BrN3/c1-7(5-12)8-3-2-4-9-10(11)13-6-14(8)9/h2-4,6-7H,5,12H2,1H3. The van der Waals surface area contributed by atoms with Gasteiger partial charge < -0.3 is 10.1 Å². The summed E-state index contributed by atoms with van der Waals surface area (Å²) in [6.07, 6.45) is 1.82. The van der Waals surface area contributed by atoms with E-state index in [9.17, 15) is 0 Å². The van der Waals surface area contributed by atoms with E-state index in [1.165, 1.54) is 5.69 Å². The van der Waals surface area contributed by atoms with Crippen LogP contribution in [0.15, 0.2) is 29.1 Å². The maximum atomic E-state index is 5.66. The molecule has 0 aliphatic carbocycles. The van der Waals surface area contributed by atoms with Crippen LogP contribution in [0.4, 0.5) is 0 Å². The number of nitrogens with zero attached hydrogens (tertiary/aromatic N) is 2. The van der Waals surface area contributed by atoms with Crippen LogP contribution in [-0.2, 0) is 0 Å². The second kappa shape index (κ2) is 3.71. The number of halogens is 1. The molecule has 0 aliphatic rings. The van der Waals surface area contributed by atoms with Crippen LogP contribution >= 0.6 is 15.9 Å². The van der Waals surface area contributed by atoms with Gasteiger partial charge >= 0.3 is 0 Å². The second-order valence-electron chi connectivity index (χ2n) is 3.38. The predicted octanol–water partition coefficient (Wildman–Crippen LogP) is 2.16. The van der Waals surface area contributed by atoms with Crippen molar-refractivity contribution >= 4 is 21.4 Å². The van der Waals surface area contributed by atoms with Crippen LogP contribution in [0.25, 0.3) is 5.52 Å². The first-order chi connectivity index (χ1) is 6.74. The summed E-state index contributed by atoms with van der Waals surface area (Å²) in [6.45, 7) is 2.76. The molecule has 2 aromatic rings. The van der Waals surface area contributed by atoms with Crippen molar-refractivity contribution in [2.75, 3.05) is 6.54 Å². The summed E-state index contributed by atoms with van der Waals surface area (Å²) in [5.41, 5.74) is 7.94. The lowest BCUT2D eigenvalue weighted by Gasteiger charge is -2.11. The molecule has 2 heterocycles.